The second kappa shape index (κ2) is 10.2. The van der Waals surface area contributed by atoms with E-state index in [1.165, 1.54) is 90.0 Å². The van der Waals surface area contributed by atoms with Crippen molar-refractivity contribution in [3.05, 3.63) is 0 Å². The Morgan fingerprint density at radius 1 is 1.04 bits per heavy atom. The van der Waals surface area contributed by atoms with Gasteiger partial charge in [-0.25, -0.2) is 0 Å². The minimum atomic E-state index is 0.487. The molecule has 0 amide bonds. The molecule has 0 aromatic carbocycles. The number of unbranched alkanes of at least 4 members (excludes halogenated alkanes) is 3. The fourth-order valence-electron chi connectivity index (χ4n) is 6.47. The standard InChI is InChI=1S/C23H41NO2/c1-3-4-5-8-14-24-17-19(13-15-25)21-16-18(11-12-22(21)24)20-9-6-7-10-23(20)26-2/h15,18-23H,3-14,16-17H2,1-2H3. The minimum Gasteiger partial charge on any atom is -0.381 e. The van der Waals surface area contributed by atoms with Crippen molar-refractivity contribution < 1.29 is 9.53 Å². The molecule has 26 heavy (non-hydrogen) atoms. The summed E-state index contributed by atoms with van der Waals surface area (Å²) in [5, 5.41) is 0. The number of ether oxygens (including phenoxy) is 1. The van der Waals surface area contributed by atoms with Crippen LogP contribution in [0.25, 0.3) is 0 Å². The molecule has 3 nitrogen and oxygen atoms in total. The average Bonchev–Trinajstić information content (AvgIpc) is 3.02. The first-order valence-corrected chi connectivity index (χ1v) is 11.5. The van der Waals surface area contributed by atoms with Crippen LogP contribution in [0.4, 0.5) is 0 Å². The highest BCUT2D eigenvalue weighted by molar-refractivity contribution is 5.50. The summed E-state index contributed by atoms with van der Waals surface area (Å²) in [4.78, 5) is 14.0. The molecule has 0 aromatic rings. The molecule has 1 aliphatic heterocycles. The highest BCUT2D eigenvalue weighted by Gasteiger charge is 2.46. The zero-order chi connectivity index (χ0) is 18.4. The molecule has 1 saturated heterocycles. The van der Waals surface area contributed by atoms with Crippen LogP contribution in [0, 0.1) is 23.7 Å². The van der Waals surface area contributed by atoms with E-state index in [0.29, 0.717) is 12.0 Å². The summed E-state index contributed by atoms with van der Waals surface area (Å²) in [5.74, 6) is 2.96. The molecular weight excluding hydrogens is 322 g/mol. The first kappa shape index (κ1) is 20.3. The van der Waals surface area contributed by atoms with Crippen molar-refractivity contribution in [3.63, 3.8) is 0 Å². The Morgan fingerprint density at radius 3 is 2.65 bits per heavy atom. The maximum Gasteiger partial charge on any atom is 0.120 e. The van der Waals surface area contributed by atoms with Gasteiger partial charge >= 0.3 is 0 Å². The fourth-order valence-corrected chi connectivity index (χ4v) is 6.47. The molecule has 0 N–H and O–H groups in total. The van der Waals surface area contributed by atoms with Crippen LogP contribution in [0.5, 0.6) is 0 Å². The minimum absolute atomic E-state index is 0.487. The van der Waals surface area contributed by atoms with Gasteiger partial charge in [0.1, 0.15) is 6.29 Å². The van der Waals surface area contributed by atoms with Gasteiger partial charge in [-0.05, 0) is 68.7 Å². The second-order valence-electron chi connectivity index (χ2n) is 9.24. The zero-order valence-corrected chi connectivity index (χ0v) is 17.2. The third kappa shape index (κ3) is 4.70. The van der Waals surface area contributed by atoms with E-state index in [1.54, 1.807) is 0 Å². The molecule has 6 atom stereocenters. The maximum absolute atomic E-state index is 11.3. The van der Waals surface area contributed by atoms with E-state index >= 15 is 0 Å². The molecule has 2 aliphatic carbocycles. The van der Waals surface area contributed by atoms with Gasteiger partial charge in [0.05, 0.1) is 6.10 Å². The Labute approximate surface area is 161 Å². The molecule has 3 heteroatoms. The summed E-state index contributed by atoms with van der Waals surface area (Å²) in [7, 11) is 1.91. The van der Waals surface area contributed by atoms with Gasteiger partial charge in [-0.3, -0.25) is 4.90 Å². The lowest BCUT2D eigenvalue weighted by Gasteiger charge is -2.43. The zero-order valence-electron chi connectivity index (χ0n) is 17.2. The molecule has 0 bridgehead atoms. The molecular formula is C23H41NO2. The van der Waals surface area contributed by atoms with Crippen molar-refractivity contribution in [2.75, 3.05) is 20.2 Å². The lowest BCUT2D eigenvalue weighted by atomic mass is 9.66. The number of hydrogen-bond acceptors (Lipinski definition) is 3. The van der Waals surface area contributed by atoms with E-state index in [9.17, 15) is 4.79 Å². The number of fused-ring (bicyclic) bond motifs is 1. The van der Waals surface area contributed by atoms with E-state index in [2.05, 4.69) is 11.8 Å². The van der Waals surface area contributed by atoms with E-state index in [-0.39, 0.29) is 0 Å². The maximum atomic E-state index is 11.3. The van der Waals surface area contributed by atoms with Gasteiger partial charge < -0.3 is 9.53 Å². The number of carbonyl (C=O) groups is 1. The number of methoxy groups -OCH3 is 1. The molecule has 0 radical (unpaired) electrons. The van der Waals surface area contributed by atoms with Crippen LogP contribution in [0.3, 0.4) is 0 Å². The van der Waals surface area contributed by atoms with Crippen molar-refractivity contribution in [1.82, 2.24) is 4.90 Å². The predicted molar refractivity (Wildman–Crippen MR) is 107 cm³/mol. The van der Waals surface area contributed by atoms with Gasteiger partial charge in [-0.15, -0.1) is 0 Å². The summed E-state index contributed by atoms with van der Waals surface area (Å²) in [6.45, 7) is 4.71. The molecule has 150 valence electrons. The summed E-state index contributed by atoms with van der Waals surface area (Å²) >= 11 is 0. The van der Waals surface area contributed by atoms with Crippen LogP contribution in [0.2, 0.25) is 0 Å². The van der Waals surface area contributed by atoms with E-state index in [4.69, 9.17) is 4.74 Å². The second-order valence-corrected chi connectivity index (χ2v) is 9.24. The molecule has 1 heterocycles. The van der Waals surface area contributed by atoms with E-state index in [1.807, 2.05) is 7.11 Å². The average molecular weight is 364 g/mol. The topological polar surface area (TPSA) is 29.5 Å². The van der Waals surface area contributed by atoms with Crippen molar-refractivity contribution in [1.29, 1.82) is 0 Å². The highest BCUT2D eigenvalue weighted by Crippen LogP contribution is 2.48. The third-order valence-electron chi connectivity index (χ3n) is 7.81. The Kier molecular flexibility index (Phi) is 7.99. The predicted octanol–water partition coefficient (Wildman–Crippen LogP) is 5.08. The molecule has 0 aromatic heterocycles. The van der Waals surface area contributed by atoms with Crippen LogP contribution in [-0.2, 0) is 9.53 Å². The van der Waals surface area contributed by atoms with Gasteiger partial charge in [0, 0.05) is 26.1 Å². The molecule has 2 saturated carbocycles. The summed E-state index contributed by atoms with van der Waals surface area (Å²) < 4.78 is 5.87. The quantitative estimate of drug-likeness (QED) is 0.423. The largest absolute Gasteiger partial charge is 0.381 e. The van der Waals surface area contributed by atoms with Crippen molar-refractivity contribution in [2.45, 2.75) is 96.1 Å². The van der Waals surface area contributed by atoms with E-state index in [0.717, 1.165) is 30.2 Å². The monoisotopic (exact) mass is 363 g/mol. The first-order chi connectivity index (χ1) is 12.8. The van der Waals surface area contributed by atoms with Crippen LogP contribution < -0.4 is 0 Å². The van der Waals surface area contributed by atoms with Crippen LogP contribution >= 0.6 is 0 Å². The van der Waals surface area contributed by atoms with Crippen LogP contribution in [0.15, 0.2) is 0 Å². The third-order valence-corrected chi connectivity index (χ3v) is 7.81. The fraction of sp³-hybridized carbons (Fsp3) is 0.957. The van der Waals surface area contributed by atoms with Gasteiger partial charge in [0.25, 0.3) is 0 Å². The van der Waals surface area contributed by atoms with Gasteiger partial charge in [-0.2, -0.15) is 0 Å². The highest BCUT2D eigenvalue weighted by atomic mass is 16.5. The smallest absolute Gasteiger partial charge is 0.120 e. The Hall–Kier alpha value is -0.410. The number of likely N-dealkylation sites (tertiary alicyclic amines) is 1. The molecule has 3 rings (SSSR count). The number of hydrogen-bond donors (Lipinski definition) is 0. The number of aldehydes is 1. The Balaban J connectivity index is 1.60. The lowest BCUT2D eigenvalue weighted by molar-refractivity contribution is -0.108. The first-order valence-electron chi connectivity index (χ1n) is 11.5. The molecule has 0 spiro atoms. The van der Waals surface area contributed by atoms with E-state index < -0.39 is 0 Å². The number of carbonyl (C=O) groups excluding carboxylic acids is 1. The van der Waals surface area contributed by atoms with Gasteiger partial charge in [-0.1, -0.05) is 39.0 Å². The molecule has 6 unspecified atom stereocenters. The van der Waals surface area contributed by atoms with Crippen molar-refractivity contribution >= 4 is 6.29 Å². The lowest BCUT2D eigenvalue weighted by Crippen LogP contribution is -2.42. The summed E-state index contributed by atoms with van der Waals surface area (Å²) in [5.41, 5.74) is 0. The number of rotatable bonds is 9. The normalized spacial score (nSPS) is 38.2. The Morgan fingerprint density at radius 2 is 1.88 bits per heavy atom. The van der Waals surface area contributed by atoms with Gasteiger partial charge in [0.15, 0.2) is 0 Å². The summed E-state index contributed by atoms with van der Waals surface area (Å²) in [6.07, 6.45) is 17.2. The number of nitrogens with zero attached hydrogens (tertiary/aromatic N) is 1. The van der Waals surface area contributed by atoms with Crippen molar-refractivity contribution in [2.24, 2.45) is 23.7 Å². The Bertz CT molecular complexity index is 426. The summed E-state index contributed by atoms with van der Waals surface area (Å²) in [6, 6.07) is 0.752. The molecule has 3 aliphatic rings. The molecule has 3 fully saturated rings. The van der Waals surface area contributed by atoms with Crippen molar-refractivity contribution in [3.8, 4) is 0 Å². The van der Waals surface area contributed by atoms with Gasteiger partial charge in [0.2, 0.25) is 0 Å². The SMILES string of the molecule is CCCCCCN1CC(CC=O)C2CC(C3CCCCC3OC)CCC21. The van der Waals surface area contributed by atoms with Crippen LogP contribution in [-0.4, -0.2) is 43.5 Å². The van der Waals surface area contributed by atoms with Crippen LogP contribution in [0.1, 0.15) is 84.0 Å².